The number of aryl methyl sites for hydroxylation is 1. The van der Waals surface area contributed by atoms with E-state index in [0.717, 1.165) is 18.4 Å². The Hall–Kier alpha value is -1.77. The maximum atomic E-state index is 14.1. The van der Waals surface area contributed by atoms with E-state index in [-0.39, 0.29) is 41.4 Å². The minimum Gasteiger partial charge on any atom is -0.394 e. The Bertz CT molecular complexity index is 986. The Balaban J connectivity index is 1.84. The van der Waals surface area contributed by atoms with Crippen molar-refractivity contribution in [2.24, 2.45) is 23.7 Å². The molecule has 3 fully saturated rings. The number of aliphatic hydroxyl groups is 1. The van der Waals surface area contributed by atoms with Crippen molar-refractivity contribution >= 4 is 46.8 Å². The largest absolute Gasteiger partial charge is 0.394 e. The summed E-state index contributed by atoms with van der Waals surface area (Å²) < 4.78 is -0.737. The quantitative estimate of drug-likeness (QED) is 0.527. The number of nitrogens with one attached hydrogen (secondary N) is 2. The lowest BCUT2D eigenvalue weighted by Crippen LogP contribution is -2.58. The molecule has 0 aliphatic carbocycles. The molecule has 0 aromatic heterocycles. The third-order valence-electron chi connectivity index (χ3n) is 8.30. The summed E-state index contributed by atoms with van der Waals surface area (Å²) in [6.07, 6.45) is 1.51. The molecule has 34 heavy (non-hydrogen) atoms. The minimum atomic E-state index is -0.813. The molecule has 3 heterocycles. The van der Waals surface area contributed by atoms with Crippen LogP contribution in [0.1, 0.15) is 39.2 Å². The molecule has 3 N–H and O–H groups in total. The fourth-order valence-electron chi connectivity index (χ4n) is 6.38. The predicted molar refractivity (Wildman–Crippen MR) is 135 cm³/mol. The lowest BCUT2D eigenvalue weighted by atomic mass is 9.66. The molecule has 8 atom stereocenters. The monoisotopic (exact) mass is 507 g/mol. The predicted octanol–water partition coefficient (Wildman–Crippen LogP) is 3.08. The molecular formula is C25H34ClN3O4S. The number of rotatable bonds is 7. The first-order valence-electron chi connectivity index (χ1n) is 12.0. The van der Waals surface area contributed by atoms with Crippen LogP contribution in [0.15, 0.2) is 18.2 Å². The number of carbonyl (C=O) groups is 3. The number of aliphatic hydroxyl groups excluding tert-OH is 1. The molecule has 1 aromatic rings. The fraction of sp³-hybridized carbons (Fsp3) is 0.640. The van der Waals surface area contributed by atoms with Crippen LogP contribution in [-0.4, -0.2) is 63.5 Å². The van der Waals surface area contributed by atoms with Crippen LogP contribution in [0.3, 0.4) is 0 Å². The molecule has 3 unspecified atom stereocenters. The summed E-state index contributed by atoms with van der Waals surface area (Å²) in [5.41, 5.74) is 1.35. The molecular weight excluding hydrogens is 474 g/mol. The summed E-state index contributed by atoms with van der Waals surface area (Å²) >= 11 is 8.04. The first-order valence-corrected chi connectivity index (χ1v) is 13.3. The fourth-order valence-corrected chi connectivity index (χ4v) is 9.06. The number of likely N-dealkylation sites (tertiary alicyclic amines) is 1. The Kier molecular flexibility index (Phi) is 6.97. The zero-order chi connectivity index (χ0) is 24.9. The smallest absolute Gasteiger partial charge is 0.248 e. The third-order valence-corrected chi connectivity index (χ3v) is 10.7. The molecule has 2 bridgehead atoms. The summed E-state index contributed by atoms with van der Waals surface area (Å²) in [4.78, 5) is 42.7. The number of thioether (sulfide) groups is 1. The molecule has 1 spiro atoms. The minimum absolute atomic E-state index is 0.0143. The van der Waals surface area contributed by atoms with Gasteiger partial charge in [0, 0.05) is 12.3 Å². The molecule has 7 nitrogen and oxygen atoms in total. The van der Waals surface area contributed by atoms with E-state index in [2.05, 4.69) is 17.6 Å². The number of benzene rings is 1. The molecule has 0 radical (unpaired) electrons. The van der Waals surface area contributed by atoms with Crippen LogP contribution in [0.25, 0.3) is 0 Å². The molecule has 3 amide bonds. The van der Waals surface area contributed by atoms with Crippen LogP contribution in [-0.2, 0) is 14.4 Å². The van der Waals surface area contributed by atoms with Gasteiger partial charge in [-0.15, -0.1) is 11.8 Å². The van der Waals surface area contributed by atoms with Crippen LogP contribution in [0, 0.1) is 30.6 Å². The van der Waals surface area contributed by atoms with Crippen molar-refractivity contribution in [3.05, 3.63) is 28.8 Å². The van der Waals surface area contributed by atoms with E-state index < -0.39 is 28.7 Å². The maximum absolute atomic E-state index is 14.1. The van der Waals surface area contributed by atoms with Crippen LogP contribution >= 0.6 is 23.4 Å². The lowest BCUT2D eigenvalue weighted by Gasteiger charge is -2.41. The van der Waals surface area contributed by atoms with Crippen molar-refractivity contribution in [2.75, 3.05) is 19.0 Å². The van der Waals surface area contributed by atoms with E-state index in [1.54, 1.807) is 29.8 Å². The lowest BCUT2D eigenvalue weighted by molar-refractivity contribution is -0.143. The van der Waals surface area contributed by atoms with Crippen LogP contribution in [0.4, 0.5) is 5.69 Å². The number of fused-ring (bicyclic) bond motifs is 1. The third kappa shape index (κ3) is 3.56. The highest BCUT2D eigenvalue weighted by molar-refractivity contribution is 8.02. The average molecular weight is 508 g/mol. The van der Waals surface area contributed by atoms with Gasteiger partial charge in [0.1, 0.15) is 6.04 Å². The van der Waals surface area contributed by atoms with Gasteiger partial charge in [0.25, 0.3) is 0 Å². The first kappa shape index (κ1) is 25.3. The molecule has 186 valence electrons. The van der Waals surface area contributed by atoms with E-state index in [9.17, 15) is 19.5 Å². The highest BCUT2D eigenvalue weighted by atomic mass is 35.5. The number of anilines is 1. The van der Waals surface area contributed by atoms with Crippen LogP contribution < -0.4 is 10.6 Å². The second-order valence-corrected chi connectivity index (χ2v) is 11.9. The molecule has 3 saturated heterocycles. The van der Waals surface area contributed by atoms with Crippen molar-refractivity contribution in [2.45, 2.75) is 62.6 Å². The topological polar surface area (TPSA) is 98.7 Å². The van der Waals surface area contributed by atoms with E-state index in [1.165, 1.54) is 0 Å². The highest BCUT2D eigenvalue weighted by Crippen LogP contribution is 2.69. The number of nitrogens with zero attached hydrogens (tertiary/aromatic N) is 1. The molecule has 3 aliphatic rings. The summed E-state index contributed by atoms with van der Waals surface area (Å²) in [5, 5.41) is 16.5. The van der Waals surface area contributed by atoms with Crippen LogP contribution in [0.2, 0.25) is 5.02 Å². The zero-order valence-electron chi connectivity index (χ0n) is 20.3. The number of hydrogen-bond acceptors (Lipinski definition) is 5. The van der Waals surface area contributed by atoms with Gasteiger partial charge < -0.3 is 20.6 Å². The molecule has 4 rings (SSSR count). The van der Waals surface area contributed by atoms with Gasteiger partial charge in [0.2, 0.25) is 17.7 Å². The molecule has 0 saturated carbocycles. The van der Waals surface area contributed by atoms with Gasteiger partial charge >= 0.3 is 0 Å². The van der Waals surface area contributed by atoms with E-state index in [1.807, 2.05) is 32.9 Å². The van der Waals surface area contributed by atoms with Gasteiger partial charge in [0.05, 0.1) is 39.9 Å². The van der Waals surface area contributed by atoms with E-state index in [0.29, 0.717) is 10.7 Å². The second kappa shape index (κ2) is 9.36. The van der Waals surface area contributed by atoms with Gasteiger partial charge in [-0.05, 0) is 36.8 Å². The summed E-state index contributed by atoms with van der Waals surface area (Å²) in [5.74, 6) is -1.72. The van der Waals surface area contributed by atoms with E-state index >= 15 is 0 Å². The highest BCUT2D eigenvalue weighted by Gasteiger charge is 2.76. The number of amides is 3. The van der Waals surface area contributed by atoms with Gasteiger partial charge in [-0.25, -0.2) is 0 Å². The summed E-state index contributed by atoms with van der Waals surface area (Å²) in [6.45, 7) is 7.69. The SMILES string of the molecule is CC[C@H](C)[C@H](CO)N1C(=O)[C@@H]2[C@H](C(=O)NC)[C@@H]3CC(C)C2(S3)C1C(=O)Nc1c(C)cccc1Cl. The van der Waals surface area contributed by atoms with Gasteiger partial charge in [-0.2, -0.15) is 0 Å². The maximum Gasteiger partial charge on any atom is 0.248 e. The summed E-state index contributed by atoms with van der Waals surface area (Å²) in [7, 11) is 1.59. The van der Waals surface area contributed by atoms with Crippen molar-refractivity contribution in [3.8, 4) is 0 Å². The number of halogens is 1. The van der Waals surface area contributed by atoms with Crippen molar-refractivity contribution in [3.63, 3.8) is 0 Å². The van der Waals surface area contributed by atoms with Gasteiger partial charge in [0.15, 0.2) is 0 Å². The molecule has 1 aromatic carbocycles. The van der Waals surface area contributed by atoms with Crippen molar-refractivity contribution in [1.29, 1.82) is 0 Å². The Morgan fingerprint density at radius 3 is 2.65 bits per heavy atom. The normalized spacial score (nSPS) is 33.6. The van der Waals surface area contributed by atoms with Gasteiger partial charge in [-0.3, -0.25) is 14.4 Å². The number of para-hydroxylation sites is 1. The van der Waals surface area contributed by atoms with Crippen molar-refractivity contribution in [1.82, 2.24) is 10.2 Å². The molecule has 9 heteroatoms. The second-order valence-electron chi connectivity index (χ2n) is 9.97. The summed E-state index contributed by atoms with van der Waals surface area (Å²) in [6, 6.07) is 4.08. The van der Waals surface area contributed by atoms with Gasteiger partial charge in [-0.1, -0.05) is 50.9 Å². The molecule has 3 aliphatic heterocycles. The Morgan fingerprint density at radius 2 is 2.06 bits per heavy atom. The number of hydrogen-bond donors (Lipinski definition) is 3. The first-order chi connectivity index (χ1) is 16.1. The average Bonchev–Trinajstić information content (AvgIpc) is 3.40. The van der Waals surface area contributed by atoms with Crippen molar-refractivity contribution < 1.29 is 19.5 Å². The zero-order valence-corrected chi connectivity index (χ0v) is 21.9. The number of carbonyl (C=O) groups excluding carboxylic acids is 3. The standard InChI is InChI=1S/C25H34ClN3O4S/c1-6-12(2)16(11-30)29-21(23(32)28-20-13(3)8-7-9-15(20)26)25-14(4)10-17(34-25)18(22(31)27-5)19(25)24(29)33/h7-9,12,14,16-19,21,30H,6,10-11H2,1-5H3,(H,27,31)(H,28,32)/t12-,14?,16-,17-,18+,19-,21?,25?/m0/s1. The van der Waals surface area contributed by atoms with E-state index in [4.69, 9.17) is 11.6 Å². The van der Waals surface area contributed by atoms with Crippen LogP contribution in [0.5, 0.6) is 0 Å². The Morgan fingerprint density at radius 1 is 1.35 bits per heavy atom. The Labute approximate surface area is 210 Å².